The molecule has 0 saturated carbocycles. The van der Waals surface area contributed by atoms with Gasteiger partial charge in [0, 0.05) is 19.9 Å². The van der Waals surface area contributed by atoms with Crippen LogP contribution in [0.1, 0.15) is 26.7 Å². The summed E-state index contributed by atoms with van der Waals surface area (Å²) in [6.07, 6.45) is 3.58. The van der Waals surface area contributed by atoms with Crippen LogP contribution in [0, 0.1) is 11.8 Å². The number of anilines is 1. The van der Waals surface area contributed by atoms with Crippen LogP contribution in [0.3, 0.4) is 0 Å². The fourth-order valence-electron chi connectivity index (χ4n) is 2.64. The van der Waals surface area contributed by atoms with Crippen molar-refractivity contribution in [3.63, 3.8) is 0 Å². The van der Waals surface area contributed by atoms with Crippen molar-refractivity contribution < 1.29 is 9.53 Å². The number of rotatable bonds is 3. The minimum atomic E-state index is -0.0549. The van der Waals surface area contributed by atoms with E-state index in [4.69, 9.17) is 4.74 Å². The third-order valence-corrected chi connectivity index (χ3v) is 3.66. The number of nitrogens with zero attached hydrogens (tertiary/aromatic N) is 2. The summed E-state index contributed by atoms with van der Waals surface area (Å²) in [6.45, 7) is 4.98. The third-order valence-electron chi connectivity index (χ3n) is 3.66. The lowest BCUT2D eigenvalue weighted by atomic mass is 9.86. The molecule has 2 unspecified atom stereocenters. The Hall–Kier alpha value is -1.42. The molecule has 2 heterocycles. The van der Waals surface area contributed by atoms with Gasteiger partial charge in [-0.1, -0.05) is 19.9 Å². The van der Waals surface area contributed by atoms with Crippen LogP contribution in [0.4, 0.5) is 5.82 Å². The van der Waals surface area contributed by atoms with Gasteiger partial charge >= 0.3 is 0 Å². The van der Waals surface area contributed by atoms with Crippen molar-refractivity contribution in [2.75, 3.05) is 18.6 Å². The standard InChI is InChI=1S/C15H22N2O2/c1-11(2)14-12(7-6-10-19-14)15(18)17(3)13-8-4-5-9-16-13/h4-5,8-9,11-12,14H,6-7,10H2,1-3H3. The number of carbonyl (C=O) groups is 1. The van der Waals surface area contributed by atoms with E-state index in [1.807, 2.05) is 18.2 Å². The maximum Gasteiger partial charge on any atom is 0.233 e. The van der Waals surface area contributed by atoms with Crippen LogP contribution in [0.5, 0.6) is 0 Å². The molecule has 2 rings (SSSR count). The summed E-state index contributed by atoms with van der Waals surface area (Å²) < 4.78 is 5.79. The number of hydrogen-bond acceptors (Lipinski definition) is 3. The smallest absolute Gasteiger partial charge is 0.233 e. The topological polar surface area (TPSA) is 42.4 Å². The zero-order valence-corrected chi connectivity index (χ0v) is 11.9. The molecule has 1 aliphatic heterocycles. The lowest BCUT2D eigenvalue weighted by Crippen LogP contribution is -2.44. The Bertz CT molecular complexity index is 419. The van der Waals surface area contributed by atoms with E-state index < -0.39 is 0 Å². The lowest BCUT2D eigenvalue weighted by molar-refractivity contribution is -0.134. The van der Waals surface area contributed by atoms with E-state index in [1.54, 1.807) is 18.1 Å². The highest BCUT2D eigenvalue weighted by Crippen LogP contribution is 2.28. The summed E-state index contributed by atoms with van der Waals surface area (Å²) in [7, 11) is 1.79. The first-order valence-electron chi connectivity index (χ1n) is 6.91. The van der Waals surface area contributed by atoms with E-state index in [9.17, 15) is 4.79 Å². The van der Waals surface area contributed by atoms with Crippen LogP contribution in [0.15, 0.2) is 24.4 Å². The molecule has 0 radical (unpaired) electrons. The van der Waals surface area contributed by atoms with Crippen LogP contribution in [-0.4, -0.2) is 30.6 Å². The Labute approximate surface area is 114 Å². The molecule has 0 spiro atoms. The number of carbonyl (C=O) groups excluding carboxylic acids is 1. The van der Waals surface area contributed by atoms with Crippen molar-refractivity contribution >= 4 is 11.7 Å². The predicted molar refractivity (Wildman–Crippen MR) is 74.9 cm³/mol. The second-order valence-electron chi connectivity index (χ2n) is 5.41. The second-order valence-corrected chi connectivity index (χ2v) is 5.41. The normalized spacial score (nSPS) is 23.4. The Morgan fingerprint density at radius 1 is 1.47 bits per heavy atom. The first-order valence-corrected chi connectivity index (χ1v) is 6.91. The summed E-state index contributed by atoms with van der Waals surface area (Å²) in [5, 5.41) is 0. The molecular formula is C15H22N2O2. The van der Waals surface area contributed by atoms with Gasteiger partial charge in [0.15, 0.2) is 0 Å². The molecule has 4 nitrogen and oxygen atoms in total. The maximum absolute atomic E-state index is 12.6. The maximum atomic E-state index is 12.6. The molecule has 4 heteroatoms. The predicted octanol–water partition coefficient (Wildman–Crippen LogP) is 2.50. The SMILES string of the molecule is CC(C)C1OCCCC1C(=O)N(C)c1ccccn1. The van der Waals surface area contributed by atoms with Gasteiger partial charge < -0.3 is 4.74 Å². The Balaban J connectivity index is 2.13. The highest BCUT2D eigenvalue weighted by atomic mass is 16.5. The third kappa shape index (κ3) is 3.13. The monoisotopic (exact) mass is 262 g/mol. The molecular weight excluding hydrogens is 240 g/mol. The highest BCUT2D eigenvalue weighted by Gasteiger charge is 2.35. The molecule has 1 aromatic rings. The molecule has 1 amide bonds. The van der Waals surface area contributed by atoms with Gasteiger partial charge in [-0.2, -0.15) is 0 Å². The van der Waals surface area contributed by atoms with Crippen molar-refractivity contribution in [1.82, 2.24) is 4.98 Å². The molecule has 2 atom stereocenters. The van der Waals surface area contributed by atoms with Crippen molar-refractivity contribution in [2.45, 2.75) is 32.8 Å². The van der Waals surface area contributed by atoms with Gasteiger partial charge in [-0.3, -0.25) is 9.69 Å². The molecule has 0 aromatic carbocycles. The van der Waals surface area contributed by atoms with Crippen LogP contribution >= 0.6 is 0 Å². The Morgan fingerprint density at radius 3 is 2.89 bits per heavy atom. The number of amides is 1. The molecule has 104 valence electrons. The summed E-state index contributed by atoms with van der Waals surface area (Å²) >= 11 is 0. The fourth-order valence-corrected chi connectivity index (χ4v) is 2.64. The summed E-state index contributed by atoms with van der Waals surface area (Å²) in [5.41, 5.74) is 0. The van der Waals surface area contributed by atoms with E-state index in [0.717, 1.165) is 19.4 Å². The number of hydrogen-bond donors (Lipinski definition) is 0. The molecule has 1 aromatic heterocycles. The van der Waals surface area contributed by atoms with Gasteiger partial charge in [0.1, 0.15) is 5.82 Å². The Morgan fingerprint density at radius 2 is 2.26 bits per heavy atom. The van der Waals surface area contributed by atoms with Crippen LogP contribution in [0.25, 0.3) is 0 Å². The summed E-state index contributed by atoms with van der Waals surface area (Å²) in [6, 6.07) is 5.60. The molecule has 1 fully saturated rings. The largest absolute Gasteiger partial charge is 0.377 e. The van der Waals surface area contributed by atoms with Gasteiger partial charge in [-0.25, -0.2) is 4.98 Å². The van der Waals surface area contributed by atoms with E-state index in [2.05, 4.69) is 18.8 Å². The van der Waals surface area contributed by atoms with E-state index in [-0.39, 0.29) is 17.9 Å². The van der Waals surface area contributed by atoms with Crippen molar-refractivity contribution in [3.8, 4) is 0 Å². The number of ether oxygens (including phenoxy) is 1. The van der Waals surface area contributed by atoms with Gasteiger partial charge in [-0.05, 0) is 30.9 Å². The van der Waals surface area contributed by atoms with Crippen molar-refractivity contribution in [3.05, 3.63) is 24.4 Å². The average molecular weight is 262 g/mol. The molecule has 1 saturated heterocycles. The Kier molecular flexibility index (Phi) is 4.53. The average Bonchev–Trinajstić information content (AvgIpc) is 2.46. The van der Waals surface area contributed by atoms with Gasteiger partial charge in [-0.15, -0.1) is 0 Å². The van der Waals surface area contributed by atoms with Gasteiger partial charge in [0.05, 0.1) is 12.0 Å². The molecule has 19 heavy (non-hydrogen) atoms. The van der Waals surface area contributed by atoms with Crippen molar-refractivity contribution in [2.24, 2.45) is 11.8 Å². The van der Waals surface area contributed by atoms with Crippen LogP contribution < -0.4 is 4.90 Å². The number of pyridine rings is 1. The van der Waals surface area contributed by atoms with Crippen molar-refractivity contribution in [1.29, 1.82) is 0 Å². The summed E-state index contributed by atoms with van der Waals surface area (Å²) in [5.74, 6) is 1.10. The summed E-state index contributed by atoms with van der Waals surface area (Å²) in [4.78, 5) is 18.5. The van der Waals surface area contributed by atoms with E-state index >= 15 is 0 Å². The quantitative estimate of drug-likeness (QED) is 0.840. The van der Waals surface area contributed by atoms with Crippen LogP contribution in [0.2, 0.25) is 0 Å². The first kappa shape index (κ1) is 14.0. The molecule has 1 aliphatic rings. The van der Waals surface area contributed by atoms with E-state index in [1.165, 1.54) is 0 Å². The molecule has 0 N–H and O–H groups in total. The minimum Gasteiger partial charge on any atom is -0.377 e. The first-order chi connectivity index (χ1) is 9.11. The molecule has 0 aliphatic carbocycles. The van der Waals surface area contributed by atoms with E-state index in [0.29, 0.717) is 11.7 Å². The zero-order chi connectivity index (χ0) is 13.8. The lowest BCUT2D eigenvalue weighted by Gasteiger charge is -2.35. The van der Waals surface area contributed by atoms with Crippen LogP contribution in [-0.2, 0) is 9.53 Å². The van der Waals surface area contributed by atoms with Gasteiger partial charge in [0.2, 0.25) is 5.91 Å². The second kappa shape index (κ2) is 6.15. The van der Waals surface area contributed by atoms with Gasteiger partial charge in [0.25, 0.3) is 0 Å². The zero-order valence-electron chi connectivity index (χ0n) is 11.9. The minimum absolute atomic E-state index is 0.0208. The fraction of sp³-hybridized carbons (Fsp3) is 0.600. The highest BCUT2D eigenvalue weighted by molar-refractivity contribution is 5.94. The number of aromatic nitrogens is 1. The molecule has 0 bridgehead atoms.